The first-order valence-electron chi connectivity index (χ1n) is 1.52. The largest absolute Gasteiger partial charge is 0.316 e. The van der Waals surface area contributed by atoms with Crippen LogP contribution in [-0.4, -0.2) is 87.9 Å². The summed E-state index contributed by atoms with van der Waals surface area (Å²) in [6.45, 7) is 0. The number of rotatable bonds is 2. The molecule has 0 bridgehead atoms. The number of hydrogen-bond acceptors (Lipinski definition) is 5. The molecule has 0 aliphatic rings. The molecule has 11 heavy (non-hydrogen) atoms. The maximum absolute atomic E-state index is 9.59. The van der Waals surface area contributed by atoms with E-state index < -0.39 is 15.1 Å². The fraction of sp³-hybridized carbons (Fsp3) is 0. The van der Waals surface area contributed by atoms with Crippen LogP contribution in [0.3, 0.4) is 0 Å². The van der Waals surface area contributed by atoms with E-state index in [1.807, 2.05) is 0 Å². The van der Waals surface area contributed by atoms with Gasteiger partial charge in [-0.1, -0.05) is 0 Å². The van der Waals surface area contributed by atoms with Crippen molar-refractivity contribution in [1.29, 1.82) is 0 Å². The van der Waals surface area contributed by atoms with Crippen molar-refractivity contribution in [2.45, 2.75) is 0 Å². The van der Waals surface area contributed by atoms with Crippen LogP contribution in [0.15, 0.2) is 0 Å². The molecule has 0 amide bonds. The molecule has 0 saturated heterocycles. The third kappa shape index (κ3) is 24.5. The van der Waals surface area contributed by atoms with Crippen LogP contribution in [0.2, 0.25) is 0 Å². The van der Waals surface area contributed by atoms with Crippen LogP contribution in [0.25, 0.3) is 0 Å². The van der Waals surface area contributed by atoms with Crippen molar-refractivity contribution in [2.75, 3.05) is 0 Å². The molecule has 7 N–H and O–H groups in total. The summed E-state index contributed by atoms with van der Waals surface area (Å²) in [6.07, 6.45) is 0. The maximum atomic E-state index is 9.59. The van der Waals surface area contributed by atoms with Crippen molar-refractivity contribution in [3.63, 3.8) is 0 Å². The van der Waals surface area contributed by atoms with E-state index in [0.29, 0.717) is 0 Å². The molecule has 0 rings (SSSR count). The van der Waals surface area contributed by atoms with Gasteiger partial charge in [0.2, 0.25) is 0 Å². The SMILES string of the molecule is N.O=P(O)(O)OB(O)O.[CaH2].[MgH2]. The Morgan fingerprint density at radius 1 is 1.27 bits per heavy atom. The molecule has 64 valence electrons. The smallest absolute Gasteiger partial charge is 0.316 e. The first kappa shape index (κ1) is 23.2. The zero-order valence-corrected chi connectivity index (χ0v) is 5.23. The van der Waals surface area contributed by atoms with Crippen LogP contribution in [0.4, 0.5) is 0 Å². The van der Waals surface area contributed by atoms with Gasteiger partial charge in [-0.3, -0.25) is 4.44 Å². The maximum Gasteiger partial charge on any atom is 0.316 e. The second-order valence-electron chi connectivity index (χ2n) is 0.922. The summed E-state index contributed by atoms with van der Waals surface area (Å²) in [7, 11) is -7.14. The fourth-order valence-corrected chi connectivity index (χ4v) is 0.368. The Morgan fingerprint density at radius 2 is 1.55 bits per heavy atom. The number of hydrogen-bond donors (Lipinski definition) is 5. The second-order valence-corrected chi connectivity index (χ2v) is 2.11. The molecule has 0 heterocycles. The Balaban J connectivity index is -0.0000000817. The van der Waals surface area contributed by atoms with Crippen molar-refractivity contribution in [3.05, 3.63) is 0 Å². The summed E-state index contributed by atoms with van der Waals surface area (Å²) >= 11 is 0. The molecular formula is H11BCaMgNO6P. The first-order chi connectivity index (χ1) is 3.42. The van der Waals surface area contributed by atoms with Gasteiger partial charge in [-0.15, -0.1) is 0 Å². The van der Waals surface area contributed by atoms with Gasteiger partial charge in [0.05, 0.1) is 0 Å². The minimum Gasteiger partial charge on any atom is 0.316 e. The van der Waals surface area contributed by atoms with Crippen LogP contribution in [0.1, 0.15) is 0 Å². The average molecular weight is 227 g/mol. The summed E-state index contributed by atoms with van der Waals surface area (Å²) in [5, 5.41) is 15.5. The second kappa shape index (κ2) is 10.2. The molecule has 0 aromatic heterocycles. The normalized spacial score (nSPS) is 8.36. The molecule has 0 aliphatic carbocycles. The zero-order chi connectivity index (χ0) is 6.78. The summed E-state index contributed by atoms with van der Waals surface area (Å²) < 4.78 is 12.8. The van der Waals surface area contributed by atoms with Crippen LogP contribution in [0, 0.1) is 0 Å². The number of phosphoric acid groups is 1. The van der Waals surface area contributed by atoms with E-state index in [4.69, 9.17) is 19.8 Å². The Labute approximate surface area is 110 Å². The first-order valence-corrected chi connectivity index (χ1v) is 3.05. The molecule has 0 aromatic rings. The topological polar surface area (TPSA) is 142 Å². The molecule has 0 radical (unpaired) electrons. The van der Waals surface area contributed by atoms with Gasteiger partial charge in [-0.25, -0.2) is 4.57 Å². The predicted octanol–water partition coefficient (Wildman–Crippen LogP) is -3.61. The van der Waals surface area contributed by atoms with E-state index in [-0.39, 0.29) is 66.9 Å². The molecule has 0 fully saturated rings. The third-order valence-electron chi connectivity index (χ3n) is 0.232. The van der Waals surface area contributed by atoms with Crippen LogP contribution < -0.4 is 6.15 Å². The van der Waals surface area contributed by atoms with Gasteiger partial charge in [0, 0.05) is 0 Å². The minimum absolute atomic E-state index is 0. The van der Waals surface area contributed by atoms with Gasteiger partial charge in [-0.2, -0.15) is 0 Å². The fourth-order valence-electron chi connectivity index (χ4n) is 0.123. The Hall–Kier alpha value is 2.08. The average Bonchev–Trinajstić information content (AvgIpc) is 1.21. The Bertz CT molecular complexity index is 115. The van der Waals surface area contributed by atoms with Gasteiger partial charge in [0.1, 0.15) is 0 Å². The van der Waals surface area contributed by atoms with Gasteiger partial charge in [-0.05, 0) is 0 Å². The molecule has 0 atom stereocenters. The summed E-state index contributed by atoms with van der Waals surface area (Å²) in [5.41, 5.74) is 0. The van der Waals surface area contributed by atoms with E-state index in [2.05, 4.69) is 4.44 Å². The molecule has 0 aromatic carbocycles. The van der Waals surface area contributed by atoms with E-state index in [0.717, 1.165) is 0 Å². The Kier molecular flexibility index (Phi) is 21.4. The molecule has 0 spiro atoms. The summed E-state index contributed by atoms with van der Waals surface area (Å²) in [4.78, 5) is 15.5. The minimum atomic E-state index is -4.72. The van der Waals surface area contributed by atoms with Gasteiger partial charge < -0.3 is 26.0 Å². The van der Waals surface area contributed by atoms with Gasteiger partial charge >= 0.3 is 75.9 Å². The molecular weight excluding hydrogens is 216 g/mol. The van der Waals surface area contributed by atoms with Crippen molar-refractivity contribution in [3.8, 4) is 0 Å². The summed E-state index contributed by atoms with van der Waals surface area (Å²) in [6, 6.07) is 0. The van der Waals surface area contributed by atoms with Crippen molar-refractivity contribution >= 4 is 75.9 Å². The monoisotopic (exact) mass is 227 g/mol. The van der Waals surface area contributed by atoms with E-state index in [1.54, 1.807) is 0 Å². The van der Waals surface area contributed by atoms with Crippen LogP contribution >= 0.6 is 7.82 Å². The molecule has 7 nitrogen and oxygen atoms in total. The quantitative estimate of drug-likeness (QED) is 0.242. The van der Waals surface area contributed by atoms with E-state index in [1.165, 1.54) is 0 Å². The van der Waals surface area contributed by atoms with Gasteiger partial charge in [0.25, 0.3) is 0 Å². The van der Waals surface area contributed by atoms with Crippen molar-refractivity contribution < 1.29 is 28.8 Å². The van der Waals surface area contributed by atoms with Crippen LogP contribution in [-0.2, 0) is 9.01 Å². The Morgan fingerprint density at radius 3 is 1.55 bits per heavy atom. The molecule has 0 unspecified atom stereocenters. The van der Waals surface area contributed by atoms with E-state index in [9.17, 15) is 4.57 Å². The van der Waals surface area contributed by atoms with Crippen molar-refractivity contribution in [1.82, 2.24) is 6.15 Å². The van der Waals surface area contributed by atoms with Gasteiger partial charge in [0.15, 0.2) is 0 Å². The molecule has 11 heteroatoms. The summed E-state index contributed by atoms with van der Waals surface area (Å²) in [5.74, 6) is 0. The van der Waals surface area contributed by atoms with Crippen LogP contribution in [0.5, 0.6) is 0 Å². The standard InChI is InChI=1S/BH4O6P.Ca.Mg.H3N.4H/c2-1(3)7-8(4,5)6;;;;;;;/h2-3H,(H2,4,5,6);;;1H3;;;;. The predicted molar refractivity (Wildman–Crippen MR) is 45.4 cm³/mol. The van der Waals surface area contributed by atoms with E-state index >= 15 is 0 Å². The van der Waals surface area contributed by atoms with Crippen molar-refractivity contribution in [2.24, 2.45) is 0 Å². The third-order valence-corrected chi connectivity index (χ3v) is 0.695. The molecule has 0 saturated carbocycles. The zero-order valence-electron chi connectivity index (χ0n) is 4.34. The molecule has 0 aliphatic heterocycles.